The van der Waals surface area contributed by atoms with E-state index in [0.29, 0.717) is 6.42 Å². The van der Waals surface area contributed by atoms with Gasteiger partial charge in [0.2, 0.25) is 0 Å². The van der Waals surface area contributed by atoms with Crippen molar-refractivity contribution in [2.45, 2.75) is 19.4 Å². The van der Waals surface area contributed by atoms with E-state index in [2.05, 4.69) is 11.3 Å². The third kappa shape index (κ3) is 18.3. The molecule has 2 nitrogen and oxygen atoms in total. The summed E-state index contributed by atoms with van der Waals surface area (Å²) in [5, 5.41) is 8.48. The van der Waals surface area contributed by atoms with Gasteiger partial charge in [0, 0.05) is 0 Å². The number of aliphatic hydroxyl groups is 1. The number of aliphatic hydroxyl groups excluding tert-OH is 1. The van der Waals surface area contributed by atoms with Crippen molar-refractivity contribution in [2.24, 2.45) is 0 Å². The number of ether oxygens (including phenoxy) is 1. The fourth-order valence-corrected chi connectivity index (χ4v) is 0.241. The number of hydrogen-bond acceptors (Lipinski definition) is 2. The summed E-state index contributed by atoms with van der Waals surface area (Å²) >= 11 is 0. The molecule has 0 aliphatic carbocycles. The van der Waals surface area contributed by atoms with Crippen LogP contribution in [0.25, 0.3) is 0 Å². The average Bonchev–Trinajstić information content (AvgIpc) is 2.45. The summed E-state index contributed by atoms with van der Waals surface area (Å²) in [6, 6.07) is 0. The quantitative estimate of drug-likeness (QED) is 0.446. The third-order valence-corrected chi connectivity index (χ3v) is 0.712. The molecule has 0 aromatic heterocycles. The molecule has 0 bridgehead atoms. The van der Waals surface area contributed by atoms with E-state index in [1.165, 1.54) is 0 Å². The summed E-state index contributed by atoms with van der Waals surface area (Å²) in [6.45, 7) is 7.18. The van der Waals surface area contributed by atoms with E-state index in [0.717, 1.165) is 13.2 Å². The highest BCUT2D eigenvalue weighted by Crippen LogP contribution is 1.86. The lowest BCUT2D eigenvalue weighted by Gasteiger charge is -1.92. The molecule has 1 N–H and O–H groups in total. The van der Waals surface area contributed by atoms with Crippen LogP contribution in [-0.4, -0.2) is 24.4 Å². The van der Waals surface area contributed by atoms with Crippen LogP contribution in [0, 0.1) is 0 Å². The first-order valence-corrected chi connectivity index (χ1v) is 3.14. The number of epoxide rings is 1. The lowest BCUT2D eigenvalue weighted by Crippen LogP contribution is -1.94. The molecule has 1 unspecified atom stereocenters. The van der Waals surface area contributed by atoms with Crippen LogP contribution in [0.1, 0.15) is 13.3 Å². The molecule has 2 heteroatoms. The Morgan fingerprint density at radius 3 is 2.22 bits per heavy atom. The fourth-order valence-electron chi connectivity index (χ4n) is 0.241. The molecule has 1 aliphatic rings. The summed E-state index contributed by atoms with van der Waals surface area (Å²) in [5.74, 6) is 0. The zero-order chi connectivity index (χ0) is 7.11. The Morgan fingerprint density at radius 1 is 1.78 bits per heavy atom. The molecule has 1 heterocycles. The van der Waals surface area contributed by atoms with E-state index in [1.807, 2.05) is 0 Å². The van der Waals surface area contributed by atoms with E-state index in [-0.39, 0.29) is 6.10 Å². The van der Waals surface area contributed by atoms with Crippen molar-refractivity contribution in [2.75, 3.05) is 13.2 Å². The molecule has 0 aromatic rings. The van der Waals surface area contributed by atoms with Gasteiger partial charge in [0.15, 0.2) is 0 Å². The molecule has 0 amide bonds. The first-order valence-electron chi connectivity index (χ1n) is 3.14. The van der Waals surface area contributed by atoms with E-state index in [9.17, 15) is 0 Å². The van der Waals surface area contributed by atoms with Gasteiger partial charge in [0.05, 0.1) is 19.3 Å². The van der Waals surface area contributed by atoms with Crippen LogP contribution >= 0.6 is 0 Å². The normalized spacial score (nSPS) is 17.1. The lowest BCUT2D eigenvalue weighted by molar-refractivity contribution is 0.198. The van der Waals surface area contributed by atoms with Crippen LogP contribution in [0.5, 0.6) is 0 Å². The second kappa shape index (κ2) is 5.79. The SMILES string of the molecule is C1CO1.C=CCC(C)O. The molecule has 1 rings (SSSR count). The zero-order valence-electron chi connectivity index (χ0n) is 5.84. The van der Waals surface area contributed by atoms with E-state index in [1.54, 1.807) is 13.0 Å². The van der Waals surface area contributed by atoms with Crippen molar-refractivity contribution in [3.8, 4) is 0 Å². The maximum absolute atomic E-state index is 8.48. The maximum Gasteiger partial charge on any atom is 0.0701 e. The Morgan fingerprint density at radius 2 is 2.22 bits per heavy atom. The van der Waals surface area contributed by atoms with Crippen LogP contribution in [0.3, 0.4) is 0 Å². The standard InChI is InChI=1S/C5H10O.C2H4O/c1-3-4-5(2)6;1-2-3-1/h3,5-6H,1,4H2,2H3;1-2H2. The fraction of sp³-hybridized carbons (Fsp3) is 0.714. The highest BCUT2D eigenvalue weighted by Gasteiger charge is 1.94. The van der Waals surface area contributed by atoms with E-state index in [4.69, 9.17) is 5.11 Å². The van der Waals surface area contributed by atoms with Crippen molar-refractivity contribution in [1.82, 2.24) is 0 Å². The summed E-state index contributed by atoms with van der Waals surface area (Å²) < 4.78 is 4.50. The summed E-state index contributed by atoms with van der Waals surface area (Å²) in [7, 11) is 0. The molecule has 0 spiro atoms. The molecule has 0 aromatic carbocycles. The van der Waals surface area contributed by atoms with Crippen LogP contribution < -0.4 is 0 Å². The molecule has 0 saturated carbocycles. The minimum Gasteiger partial charge on any atom is -0.393 e. The Bertz CT molecular complexity index is 64.6. The van der Waals surface area contributed by atoms with Gasteiger partial charge in [-0.25, -0.2) is 0 Å². The molecule has 1 atom stereocenters. The Hall–Kier alpha value is -0.340. The third-order valence-electron chi connectivity index (χ3n) is 0.712. The van der Waals surface area contributed by atoms with Gasteiger partial charge in [0.25, 0.3) is 0 Å². The monoisotopic (exact) mass is 130 g/mol. The van der Waals surface area contributed by atoms with Crippen molar-refractivity contribution in [3.63, 3.8) is 0 Å². The molecule has 0 radical (unpaired) electrons. The molecule has 1 aliphatic heterocycles. The first-order chi connectivity index (χ1) is 4.27. The summed E-state index contributed by atoms with van der Waals surface area (Å²) in [5.41, 5.74) is 0. The average molecular weight is 130 g/mol. The van der Waals surface area contributed by atoms with Crippen molar-refractivity contribution in [1.29, 1.82) is 0 Å². The molecule has 1 saturated heterocycles. The van der Waals surface area contributed by atoms with Gasteiger partial charge in [-0.05, 0) is 13.3 Å². The number of rotatable bonds is 2. The van der Waals surface area contributed by atoms with E-state index >= 15 is 0 Å². The van der Waals surface area contributed by atoms with Gasteiger partial charge in [-0.2, -0.15) is 0 Å². The largest absolute Gasteiger partial charge is 0.393 e. The van der Waals surface area contributed by atoms with Gasteiger partial charge in [0.1, 0.15) is 0 Å². The van der Waals surface area contributed by atoms with Gasteiger partial charge in [-0.15, -0.1) is 6.58 Å². The van der Waals surface area contributed by atoms with Crippen molar-refractivity contribution in [3.05, 3.63) is 12.7 Å². The Labute approximate surface area is 56.1 Å². The minimum absolute atomic E-state index is 0.220. The second-order valence-electron chi connectivity index (χ2n) is 1.99. The van der Waals surface area contributed by atoms with Crippen LogP contribution in [-0.2, 0) is 4.74 Å². The smallest absolute Gasteiger partial charge is 0.0701 e. The predicted octanol–water partition coefficient (Wildman–Crippen LogP) is 0.960. The summed E-state index contributed by atoms with van der Waals surface area (Å²) in [4.78, 5) is 0. The van der Waals surface area contributed by atoms with Gasteiger partial charge >= 0.3 is 0 Å². The first kappa shape index (κ1) is 8.66. The molecular formula is C7H14O2. The topological polar surface area (TPSA) is 32.8 Å². The highest BCUT2D eigenvalue weighted by atomic mass is 16.6. The lowest BCUT2D eigenvalue weighted by atomic mass is 10.3. The highest BCUT2D eigenvalue weighted by molar-refractivity contribution is 4.68. The predicted molar refractivity (Wildman–Crippen MR) is 37.3 cm³/mol. The van der Waals surface area contributed by atoms with Gasteiger partial charge in [-0.1, -0.05) is 6.08 Å². The Kier molecular flexibility index (Phi) is 5.57. The zero-order valence-corrected chi connectivity index (χ0v) is 5.84. The van der Waals surface area contributed by atoms with Gasteiger partial charge in [-0.3, -0.25) is 0 Å². The van der Waals surface area contributed by atoms with Gasteiger partial charge < -0.3 is 9.84 Å². The molecular weight excluding hydrogens is 116 g/mol. The van der Waals surface area contributed by atoms with Crippen LogP contribution in [0.15, 0.2) is 12.7 Å². The summed E-state index contributed by atoms with van der Waals surface area (Å²) in [6.07, 6.45) is 2.17. The second-order valence-corrected chi connectivity index (χ2v) is 1.99. The number of hydrogen-bond donors (Lipinski definition) is 1. The maximum atomic E-state index is 8.48. The van der Waals surface area contributed by atoms with E-state index < -0.39 is 0 Å². The van der Waals surface area contributed by atoms with Crippen molar-refractivity contribution < 1.29 is 9.84 Å². The Balaban J connectivity index is 0.000000173. The van der Waals surface area contributed by atoms with Crippen LogP contribution in [0.2, 0.25) is 0 Å². The van der Waals surface area contributed by atoms with Crippen LogP contribution in [0.4, 0.5) is 0 Å². The minimum atomic E-state index is -0.220. The molecule has 54 valence electrons. The molecule has 9 heavy (non-hydrogen) atoms. The molecule has 1 fully saturated rings. The van der Waals surface area contributed by atoms with Crippen molar-refractivity contribution >= 4 is 0 Å².